The molecular formula is C22H21F3N10O3. The fourth-order valence-corrected chi connectivity index (χ4v) is 2.84. The largest absolute Gasteiger partial charge is 0.441 e. The maximum atomic E-state index is 13.9. The number of carbonyl (C=O) groups is 2. The van der Waals surface area contributed by atoms with Crippen molar-refractivity contribution in [3.05, 3.63) is 54.0 Å². The summed E-state index contributed by atoms with van der Waals surface area (Å²) in [7, 11) is 1.51. The van der Waals surface area contributed by atoms with Gasteiger partial charge in [0.2, 0.25) is 5.95 Å². The highest BCUT2D eigenvalue weighted by Gasteiger charge is 2.21. The van der Waals surface area contributed by atoms with Crippen LogP contribution in [0.25, 0.3) is 11.4 Å². The number of carbonyl (C=O) groups excluding carboxylic acids is 2. The molecule has 3 aromatic heterocycles. The van der Waals surface area contributed by atoms with Gasteiger partial charge in [-0.05, 0) is 32.7 Å². The molecule has 198 valence electrons. The first-order valence-electron chi connectivity index (χ1n) is 10.7. The van der Waals surface area contributed by atoms with Crippen molar-refractivity contribution in [1.29, 1.82) is 0 Å². The summed E-state index contributed by atoms with van der Waals surface area (Å²) >= 11 is 0. The minimum atomic E-state index is -2.94. The molecule has 0 spiro atoms. The number of amidine groups is 1. The molecule has 0 bridgehead atoms. The Morgan fingerprint density at radius 1 is 1.21 bits per heavy atom. The Labute approximate surface area is 213 Å². The molecule has 38 heavy (non-hydrogen) atoms. The van der Waals surface area contributed by atoms with E-state index in [2.05, 4.69) is 52.6 Å². The molecule has 13 nitrogen and oxygen atoms in total. The molecule has 0 fully saturated rings. The van der Waals surface area contributed by atoms with Crippen molar-refractivity contribution in [2.45, 2.75) is 26.4 Å². The summed E-state index contributed by atoms with van der Waals surface area (Å²) in [5, 5.41) is 12.7. The topological polar surface area (TPSA) is 162 Å². The van der Waals surface area contributed by atoms with Crippen molar-refractivity contribution >= 4 is 36.2 Å². The summed E-state index contributed by atoms with van der Waals surface area (Å²) in [6.07, 6.45) is -0.108. The highest BCUT2D eigenvalue weighted by atomic mass is 19.3. The number of nitrogens with zero attached hydrogens (tertiary/aromatic N) is 8. The molecule has 2 N–H and O–H groups in total. The number of aliphatic imine (C=N–C) groups is 2. The van der Waals surface area contributed by atoms with Crippen LogP contribution in [0.4, 0.5) is 29.6 Å². The quantitative estimate of drug-likeness (QED) is 0.194. The van der Waals surface area contributed by atoms with Crippen LogP contribution in [-0.4, -0.2) is 60.9 Å². The Morgan fingerprint density at radius 3 is 2.61 bits per heavy atom. The fraction of sp³-hybridized carbons (Fsp3) is 0.227. The van der Waals surface area contributed by atoms with Gasteiger partial charge in [0.05, 0.1) is 12.4 Å². The number of aromatic nitrogens is 6. The number of anilines is 2. The third-order valence-corrected chi connectivity index (χ3v) is 4.80. The van der Waals surface area contributed by atoms with Crippen LogP contribution in [0.3, 0.4) is 0 Å². The Bertz CT molecular complexity index is 1390. The zero-order chi connectivity index (χ0) is 27.8. The minimum absolute atomic E-state index is 0.00278. The summed E-state index contributed by atoms with van der Waals surface area (Å²) in [6.45, 7) is 5.83. The zero-order valence-electron chi connectivity index (χ0n) is 20.3. The first-order chi connectivity index (χ1) is 18.1. The Hall–Kier alpha value is -5.02. The number of alkyl halides is 2. The Morgan fingerprint density at radius 2 is 1.97 bits per heavy atom. The van der Waals surface area contributed by atoms with Crippen LogP contribution in [-0.2, 0) is 16.6 Å². The molecule has 0 radical (unpaired) electrons. The van der Waals surface area contributed by atoms with Crippen LogP contribution in [0.2, 0.25) is 0 Å². The minimum Gasteiger partial charge on any atom is -0.441 e. The van der Waals surface area contributed by atoms with Crippen molar-refractivity contribution in [1.82, 2.24) is 29.9 Å². The Kier molecular flexibility index (Phi) is 8.91. The fourth-order valence-electron chi connectivity index (χ4n) is 2.84. The number of nitrogens with one attached hydrogen (secondary N) is 2. The second-order valence-corrected chi connectivity index (χ2v) is 7.47. The third kappa shape index (κ3) is 6.80. The summed E-state index contributed by atoms with van der Waals surface area (Å²) in [4.78, 5) is 43.0. The van der Waals surface area contributed by atoms with Gasteiger partial charge in [-0.3, -0.25) is 10.1 Å². The maximum Gasteiger partial charge on any atom is 0.413 e. The molecule has 0 aromatic carbocycles. The lowest BCUT2D eigenvalue weighted by atomic mass is 10.2. The van der Waals surface area contributed by atoms with Gasteiger partial charge in [0.1, 0.15) is 11.8 Å². The standard InChI is InChI=1S/C22H21F3N10O3/c1-11(8-30-19(26-3)17(23)24)21(36)31-15-10-28-14(9-29-15)16-20(35(4)34-33-16)32-22(37)38-12(2)13-6-5-7-27-18(13)25/h5-10,12,17H,3H2,1-2,4H3,(H,32,37)(H,29,31,36)/b11-8+,30-19?/t12-/m1/s1. The molecule has 0 saturated carbocycles. The van der Waals surface area contributed by atoms with E-state index >= 15 is 0 Å². The van der Waals surface area contributed by atoms with Crippen LogP contribution in [0.1, 0.15) is 25.5 Å². The molecular weight excluding hydrogens is 509 g/mol. The molecule has 16 heteroatoms. The predicted octanol–water partition coefficient (Wildman–Crippen LogP) is 3.32. The summed E-state index contributed by atoms with van der Waals surface area (Å²) in [6, 6.07) is 2.95. The van der Waals surface area contributed by atoms with Crippen LogP contribution >= 0.6 is 0 Å². The first kappa shape index (κ1) is 27.6. The predicted molar refractivity (Wildman–Crippen MR) is 130 cm³/mol. The van der Waals surface area contributed by atoms with E-state index in [1.165, 1.54) is 56.3 Å². The van der Waals surface area contributed by atoms with Gasteiger partial charge >= 0.3 is 6.09 Å². The average Bonchev–Trinajstić information content (AvgIpc) is 3.24. The van der Waals surface area contributed by atoms with E-state index in [4.69, 9.17) is 4.74 Å². The van der Waals surface area contributed by atoms with Crippen molar-refractivity contribution < 1.29 is 27.5 Å². The van der Waals surface area contributed by atoms with Crippen LogP contribution in [0, 0.1) is 5.95 Å². The van der Waals surface area contributed by atoms with Gasteiger partial charge in [0.15, 0.2) is 23.2 Å². The lowest BCUT2D eigenvalue weighted by Gasteiger charge is -2.14. The number of hydrogen-bond donors (Lipinski definition) is 2. The van der Waals surface area contributed by atoms with Crippen LogP contribution in [0.15, 0.2) is 52.5 Å². The first-order valence-corrected chi connectivity index (χ1v) is 10.7. The lowest BCUT2D eigenvalue weighted by molar-refractivity contribution is -0.112. The number of pyridine rings is 1. The zero-order valence-corrected chi connectivity index (χ0v) is 20.3. The molecule has 0 aliphatic rings. The number of ether oxygens (including phenoxy) is 1. The second kappa shape index (κ2) is 12.3. The van der Waals surface area contributed by atoms with Crippen LogP contribution < -0.4 is 10.6 Å². The maximum absolute atomic E-state index is 13.9. The van der Waals surface area contributed by atoms with E-state index in [-0.39, 0.29) is 34.2 Å². The molecule has 3 heterocycles. The number of aryl methyl sites for hydroxylation is 1. The van der Waals surface area contributed by atoms with Crippen molar-refractivity contribution in [2.75, 3.05) is 10.6 Å². The summed E-state index contributed by atoms with van der Waals surface area (Å²) in [5.41, 5.74) is 0.417. The molecule has 3 aromatic rings. The van der Waals surface area contributed by atoms with E-state index in [0.717, 1.165) is 6.20 Å². The SMILES string of the molecule is C=NC(=N/C=C(\C)C(=O)Nc1cnc(-c2nnn(C)c2NC(=O)O[C@H](C)c2cccnc2F)cn1)C(F)F. The van der Waals surface area contributed by atoms with E-state index < -0.39 is 36.3 Å². The molecule has 0 saturated heterocycles. The average molecular weight is 530 g/mol. The molecule has 2 amide bonds. The Balaban J connectivity index is 1.69. The number of amides is 2. The second-order valence-electron chi connectivity index (χ2n) is 7.47. The highest BCUT2D eigenvalue weighted by Crippen LogP contribution is 2.25. The van der Waals surface area contributed by atoms with E-state index in [9.17, 15) is 22.8 Å². The molecule has 3 rings (SSSR count). The van der Waals surface area contributed by atoms with Crippen molar-refractivity contribution in [3.8, 4) is 11.4 Å². The molecule has 0 unspecified atom stereocenters. The number of rotatable bonds is 8. The molecule has 0 aliphatic carbocycles. The van der Waals surface area contributed by atoms with Gasteiger partial charge in [-0.15, -0.1) is 5.10 Å². The van der Waals surface area contributed by atoms with Crippen molar-refractivity contribution in [2.24, 2.45) is 17.0 Å². The summed E-state index contributed by atoms with van der Waals surface area (Å²) < 4.78 is 45.6. The van der Waals surface area contributed by atoms with E-state index in [1.807, 2.05) is 0 Å². The third-order valence-electron chi connectivity index (χ3n) is 4.80. The van der Waals surface area contributed by atoms with E-state index in [1.54, 1.807) is 0 Å². The smallest absolute Gasteiger partial charge is 0.413 e. The van der Waals surface area contributed by atoms with Gasteiger partial charge in [0.25, 0.3) is 12.3 Å². The van der Waals surface area contributed by atoms with Crippen molar-refractivity contribution in [3.63, 3.8) is 0 Å². The van der Waals surface area contributed by atoms with Gasteiger partial charge in [-0.1, -0.05) is 5.21 Å². The monoisotopic (exact) mass is 530 g/mol. The van der Waals surface area contributed by atoms with Gasteiger partial charge in [-0.2, -0.15) is 4.39 Å². The normalized spacial score (nSPS) is 12.7. The van der Waals surface area contributed by atoms with E-state index in [0.29, 0.717) is 0 Å². The number of halogens is 3. The summed E-state index contributed by atoms with van der Waals surface area (Å²) in [5.74, 6) is -2.10. The van der Waals surface area contributed by atoms with Gasteiger partial charge in [0, 0.05) is 30.6 Å². The van der Waals surface area contributed by atoms with Gasteiger partial charge < -0.3 is 10.1 Å². The number of hydrogen-bond acceptors (Lipinski definition) is 9. The highest BCUT2D eigenvalue weighted by molar-refractivity contribution is 6.03. The van der Waals surface area contributed by atoms with Crippen LogP contribution in [0.5, 0.6) is 0 Å². The molecule has 0 aliphatic heterocycles. The lowest BCUT2D eigenvalue weighted by Crippen LogP contribution is -2.19. The van der Waals surface area contributed by atoms with Gasteiger partial charge in [-0.25, -0.2) is 43.2 Å². The molecule has 1 atom stereocenters.